The molecule has 630 valence electrons. The molecular formula is C87H75BrF2N30S6. The van der Waals surface area contributed by atoms with Crippen molar-refractivity contribution in [2.24, 2.45) is 30.0 Å². The smallest absolute Gasteiger partial charge is 0.229 e. The van der Waals surface area contributed by atoms with E-state index in [9.17, 15) is 8.78 Å². The first-order chi connectivity index (χ1) is 61.0. The van der Waals surface area contributed by atoms with Gasteiger partial charge >= 0.3 is 0 Å². The largest absolute Gasteiger partial charge is 0.300 e. The van der Waals surface area contributed by atoms with E-state index in [1.54, 1.807) is 124 Å². The molecular weight excluding hydrogens is 1780 g/mol. The van der Waals surface area contributed by atoms with Gasteiger partial charge in [-0.25, -0.2) is 98.5 Å². The number of halogens is 3. The molecule has 0 fully saturated rings. The maximum atomic E-state index is 13.3. The van der Waals surface area contributed by atoms with Gasteiger partial charge in [-0.05, 0) is 116 Å². The van der Waals surface area contributed by atoms with Gasteiger partial charge in [0.25, 0.3) is 0 Å². The van der Waals surface area contributed by atoms with Gasteiger partial charge in [0.15, 0.2) is 42.4 Å². The summed E-state index contributed by atoms with van der Waals surface area (Å²) in [6.45, 7) is 23.6. The van der Waals surface area contributed by atoms with Gasteiger partial charge in [0.2, 0.25) is 35.7 Å². The SMILES string of the molecule is Brc1cc2sc(Nc3ncccn3)nc2c2c1CN=C2.C1=NCc2ccc3sc(Nc4ncccn4)nc3c21.CC1(C)CC2=C(C=NC2)c2nc(Nc3ncc(F)cn3)sc21.Cc1ccnc(Nc2nc3c(s2)C(C)(C)CC2=C3C=NC2)n1.Cc1ccnc(Nc2nc3c4c(ccc3s2)CN=C4)n1.Cc1nc(Nc2nc3c(s2)C(C)(C)CC2=C3C=NC2)ncc1F. The van der Waals surface area contributed by atoms with Crippen LogP contribution in [0.15, 0.2) is 162 Å². The van der Waals surface area contributed by atoms with Crippen LogP contribution in [-0.4, -0.2) is 147 Å². The van der Waals surface area contributed by atoms with Crippen LogP contribution in [0.4, 0.5) is 75.3 Å². The molecule has 0 saturated carbocycles. The van der Waals surface area contributed by atoms with Crippen molar-refractivity contribution >= 4 is 235 Å². The van der Waals surface area contributed by atoms with Gasteiger partial charge in [-0.1, -0.05) is 104 Å². The summed E-state index contributed by atoms with van der Waals surface area (Å²) < 4.78 is 30.6. The van der Waals surface area contributed by atoms with Gasteiger partial charge in [0.1, 0.15) is 0 Å². The van der Waals surface area contributed by atoms with Crippen LogP contribution in [0.5, 0.6) is 0 Å². The third-order valence-electron chi connectivity index (χ3n) is 21.3. The van der Waals surface area contributed by atoms with E-state index in [2.05, 4.69) is 224 Å². The van der Waals surface area contributed by atoms with Crippen LogP contribution in [0, 0.1) is 32.4 Å². The first-order valence-corrected chi connectivity index (χ1v) is 45.6. The van der Waals surface area contributed by atoms with Crippen molar-refractivity contribution in [3.8, 4) is 0 Å². The zero-order chi connectivity index (χ0) is 86.5. The fourth-order valence-corrected chi connectivity index (χ4v) is 22.0. The van der Waals surface area contributed by atoms with Gasteiger partial charge in [-0.2, -0.15) is 0 Å². The zero-order valence-corrected chi connectivity index (χ0v) is 75.5. The number of aryl methyl sites for hydroxylation is 3. The molecule has 30 nitrogen and oxygen atoms in total. The zero-order valence-electron chi connectivity index (χ0n) is 69.0. The predicted octanol–water partition coefficient (Wildman–Crippen LogP) is 19.8. The molecule has 18 heterocycles. The molecule has 126 heavy (non-hydrogen) atoms. The highest BCUT2D eigenvalue weighted by molar-refractivity contribution is 9.10. The number of nitrogens with zero attached hydrogens (tertiary/aromatic N) is 24. The number of nitrogens with one attached hydrogen (secondary N) is 6. The molecule has 0 saturated heterocycles. The molecule has 6 N–H and O–H groups in total. The molecule has 0 radical (unpaired) electrons. The molecule has 12 aromatic heterocycles. The van der Waals surface area contributed by atoms with Crippen LogP contribution in [0.25, 0.3) is 47.4 Å². The number of aliphatic imine (C=N–C) groups is 6. The van der Waals surface area contributed by atoms with Crippen LogP contribution < -0.4 is 31.9 Å². The summed E-state index contributed by atoms with van der Waals surface area (Å²) in [5, 5.41) is 23.5. The average molecular weight is 1850 g/mol. The molecule has 9 aliphatic rings. The lowest BCUT2D eigenvalue weighted by Gasteiger charge is -2.29. The van der Waals surface area contributed by atoms with Gasteiger partial charge in [-0.3, -0.25) is 30.0 Å². The quantitative estimate of drug-likeness (QED) is 0.0661. The Balaban J connectivity index is 0.0000000988. The van der Waals surface area contributed by atoms with Crippen molar-refractivity contribution in [2.45, 2.75) is 117 Å². The highest BCUT2D eigenvalue weighted by Gasteiger charge is 2.40. The van der Waals surface area contributed by atoms with E-state index >= 15 is 0 Å². The molecule has 6 aliphatic heterocycles. The van der Waals surface area contributed by atoms with Crippen molar-refractivity contribution in [3.05, 3.63) is 225 Å². The van der Waals surface area contributed by atoms with E-state index < -0.39 is 11.6 Å². The van der Waals surface area contributed by atoms with E-state index in [4.69, 9.17) is 15.0 Å². The minimum absolute atomic E-state index is 0.0407. The standard InChI is InChI=1S/C16H16FN5S.C16H17N5S.C15H14FN5S.C14H11N5S.C13H8BrN5S.C13H9N5S/c1-8-11(17)7-19-14(20-8)22-15-21-12-10-6-18-5-9(10)4-16(2,3)13(12)23-15;1-9-4-5-18-14(19-9)21-15-20-12-11-8-17-7-10(11)6-16(2,3)13(12)22-15;1-15(2)3-8-4-17-7-10(8)11-12(15)22-14(20-11)21-13-18-5-9(16)6-19-13;1-8-4-5-16-13(17-8)19-14-18-12-10-7-15-6-9(10)2-3-11(12)20-14;14-9-4-10-11(8-6-15-5-7(8)9)18-13(20-10)19-12-16-2-1-3-17-12;1-4-15-12(16-5-1)18-13-17-11-9-7-14-6-8(9)2-3-10(11)19-13/h6-7H,4-5H2,1-3H3,(H,19,20,21,22);4-5,8H,6-7H2,1-3H3,(H,18,19,20,21);5-7H,3-4H2,1-2H3,(H,18,19,20,21);2-5,7H,6H2,1H3,(H,16,17,18,19);1-4,6H,5H2,(H,16,17,18,19);1-5,7H,6H2,(H,15,16,17,18). The van der Waals surface area contributed by atoms with Crippen molar-refractivity contribution < 1.29 is 8.78 Å². The van der Waals surface area contributed by atoms with E-state index in [0.717, 1.165) is 187 Å². The minimum atomic E-state index is -0.456. The summed E-state index contributed by atoms with van der Waals surface area (Å²) in [5.41, 5.74) is 23.1. The Morgan fingerprint density at radius 2 is 0.706 bits per heavy atom. The lowest BCUT2D eigenvalue weighted by molar-refractivity contribution is 0.520. The van der Waals surface area contributed by atoms with Gasteiger partial charge < -0.3 is 31.9 Å². The lowest BCUT2D eigenvalue weighted by atomic mass is 9.77. The van der Waals surface area contributed by atoms with Gasteiger partial charge in [-0.15, -0.1) is 34.0 Å². The Hall–Kier alpha value is -12.9. The molecule has 3 aromatic carbocycles. The van der Waals surface area contributed by atoms with E-state index in [1.807, 2.05) is 63.3 Å². The Labute approximate surface area is 752 Å². The average Bonchev–Trinajstić information content (AvgIpc) is 1.59. The van der Waals surface area contributed by atoms with Crippen LogP contribution in [-0.2, 0) is 35.9 Å². The monoisotopic (exact) mass is 1850 g/mol. The number of hydrogen-bond donors (Lipinski definition) is 6. The molecule has 0 atom stereocenters. The maximum Gasteiger partial charge on any atom is 0.229 e. The second-order valence-electron chi connectivity index (χ2n) is 32.1. The number of anilines is 12. The summed E-state index contributed by atoms with van der Waals surface area (Å²) in [6.07, 6.45) is 28.3. The normalized spacial score (nSPS) is 15.7. The minimum Gasteiger partial charge on any atom is -0.300 e. The summed E-state index contributed by atoms with van der Waals surface area (Å²) in [4.78, 5) is 108. The molecule has 3 aliphatic carbocycles. The molecule has 15 aromatic rings. The Morgan fingerprint density at radius 1 is 0.349 bits per heavy atom. The Bertz CT molecular complexity index is 7100. The first-order valence-electron chi connectivity index (χ1n) is 39.9. The number of thiazole rings is 6. The van der Waals surface area contributed by atoms with Crippen LogP contribution in [0.2, 0.25) is 0 Å². The second kappa shape index (κ2) is 34.5. The van der Waals surface area contributed by atoms with Crippen molar-refractivity contribution in [2.75, 3.05) is 51.5 Å². The maximum absolute atomic E-state index is 13.3. The summed E-state index contributed by atoms with van der Waals surface area (Å²) >= 11 is 13.3. The third kappa shape index (κ3) is 17.5. The fourth-order valence-electron chi connectivity index (χ4n) is 15.4. The molecule has 39 heteroatoms. The highest BCUT2D eigenvalue weighted by atomic mass is 79.9. The van der Waals surface area contributed by atoms with Crippen LogP contribution in [0.1, 0.15) is 143 Å². The fraction of sp³-hybridized carbons (Fsp3) is 0.241. The number of fused-ring (bicyclic) bond motifs is 15. The first kappa shape index (κ1) is 82.7. The van der Waals surface area contributed by atoms with Crippen LogP contribution in [0.3, 0.4) is 0 Å². The van der Waals surface area contributed by atoms with E-state index in [0.29, 0.717) is 47.9 Å². The predicted molar refractivity (Wildman–Crippen MR) is 507 cm³/mol. The van der Waals surface area contributed by atoms with Crippen molar-refractivity contribution in [3.63, 3.8) is 0 Å². The molecule has 0 bridgehead atoms. The third-order valence-corrected chi connectivity index (χ3v) is 28.8. The Morgan fingerprint density at radius 3 is 1.13 bits per heavy atom. The lowest BCUT2D eigenvalue weighted by Crippen LogP contribution is -2.22. The number of aromatic nitrogens is 18. The van der Waals surface area contributed by atoms with E-state index in [-0.39, 0.29) is 16.2 Å². The topological polar surface area (TPSA) is 378 Å². The molecule has 0 unspecified atom stereocenters. The van der Waals surface area contributed by atoms with Crippen molar-refractivity contribution in [1.29, 1.82) is 0 Å². The Kier molecular flexibility index (Phi) is 22.7. The number of hydrogen-bond acceptors (Lipinski definition) is 36. The van der Waals surface area contributed by atoms with Crippen molar-refractivity contribution in [1.82, 2.24) is 89.7 Å². The highest BCUT2D eigenvalue weighted by Crippen LogP contribution is 2.51. The summed E-state index contributed by atoms with van der Waals surface area (Å²) in [6, 6.07) is 17.8. The van der Waals surface area contributed by atoms with Gasteiger partial charge in [0.05, 0.1) is 111 Å². The summed E-state index contributed by atoms with van der Waals surface area (Å²) in [5.74, 6) is 2.13. The number of benzene rings is 3. The van der Waals surface area contributed by atoms with Crippen LogP contribution >= 0.6 is 84.0 Å². The van der Waals surface area contributed by atoms with E-state index in [1.165, 1.54) is 59.8 Å². The summed E-state index contributed by atoms with van der Waals surface area (Å²) in [7, 11) is 0. The number of rotatable bonds is 12. The molecule has 24 rings (SSSR count). The van der Waals surface area contributed by atoms with Gasteiger partial charge in [0, 0.05) is 155 Å². The molecule has 0 amide bonds. The number of allylic oxidation sites excluding steroid dienone is 3. The molecule has 0 spiro atoms. The second-order valence-corrected chi connectivity index (χ2v) is 39.0.